The van der Waals surface area contributed by atoms with Gasteiger partial charge in [0.1, 0.15) is 11.9 Å². The second-order valence-electron chi connectivity index (χ2n) is 10.4. The minimum Gasteiger partial charge on any atom is -0.356 e. The van der Waals surface area contributed by atoms with E-state index in [0.29, 0.717) is 11.6 Å². The normalized spacial score (nSPS) is 16.9. The van der Waals surface area contributed by atoms with E-state index in [1.165, 1.54) is 15.6 Å². The lowest BCUT2D eigenvalue weighted by molar-refractivity contribution is 0.315. The summed E-state index contributed by atoms with van der Waals surface area (Å²) >= 11 is 1.77. The van der Waals surface area contributed by atoms with Gasteiger partial charge < -0.3 is 9.80 Å². The SMILES string of the molecule is Cc1c(-c2csc3ccccc23)c(N2CCC(N(C)C)C2)n2cc(C(C)(C)C)nc2c1C#N. The van der Waals surface area contributed by atoms with Crippen LogP contribution in [0.25, 0.3) is 26.9 Å². The van der Waals surface area contributed by atoms with E-state index in [0.717, 1.165) is 47.8 Å². The van der Waals surface area contributed by atoms with Crippen molar-refractivity contribution >= 4 is 32.9 Å². The summed E-state index contributed by atoms with van der Waals surface area (Å²) in [6.07, 6.45) is 3.28. The first-order chi connectivity index (χ1) is 15.7. The lowest BCUT2D eigenvalue weighted by atomic mass is 9.93. The van der Waals surface area contributed by atoms with Gasteiger partial charge in [-0.25, -0.2) is 4.98 Å². The van der Waals surface area contributed by atoms with E-state index in [4.69, 9.17) is 4.98 Å². The topological polar surface area (TPSA) is 47.6 Å². The number of imidazole rings is 1. The third kappa shape index (κ3) is 3.51. The molecule has 1 aliphatic heterocycles. The molecule has 6 heteroatoms. The molecule has 0 bridgehead atoms. The van der Waals surface area contributed by atoms with E-state index < -0.39 is 0 Å². The number of rotatable bonds is 3. The predicted molar refractivity (Wildman–Crippen MR) is 138 cm³/mol. The monoisotopic (exact) mass is 457 g/mol. The maximum atomic E-state index is 10.2. The first-order valence-corrected chi connectivity index (χ1v) is 12.4. The molecular weight excluding hydrogens is 426 g/mol. The van der Waals surface area contributed by atoms with Gasteiger partial charge in [-0.2, -0.15) is 5.26 Å². The molecule has 170 valence electrons. The van der Waals surface area contributed by atoms with Crippen LogP contribution in [0.2, 0.25) is 0 Å². The zero-order valence-electron chi connectivity index (χ0n) is 20.3. The number of hydrogen-bond acceptors (Lipinski definition) is 5. The Morgan fingerprint density at radius 3 is 2.64 bits per heavy atom. The maximum absolute atomic E-state index is 10.2. The van der Waals surface area contributed by atoms with Crippen LogP contribution in [0.1, 0.15) is 44.0 Å². The van der Waals surface area contributed by atoms with Crippen molar-refractivity contribution in [2.45, 2.75) is 45.6 Å². The summed E-state index contributed by atoms with van der Waals surface area (Å²) in [7, 11) is 4.33. The minimum atomic E-state index is -0.101. The largest absolute Gasteiger partial charge is 0.356 e. The van der Waals surface area contributed by atoms with Crippen LogP contribution < -0.4 is 4.90 Å². The number of hydrogen-bond donors (Lipinski definition) is 0. The quantitative estimate of drug-likeness (QED) is 0.388. The van der Waals surface area contributed by atoms with Crippen LogP contribution in [0, 0.1) is 18.3 Å². The Hall–Kier alpha value is -2.88. The number of anilines is 1. The molecule has 0 spiro atoms. The van der Waals surface area contributed by atoms with Gasteiger partial charge in [0.15, 0.2) is 5.65 Å². The molecule has 1 saturated heterocycles. The van der Waals surface area contributed by atoms with Crippen molar-refractivity contribution in [2.24, 2.45) is 0 Å². The van der Waals surface area contributed by atoms with E-state index in [9.17, 15) is 5.26 Å². The fraction of sp³-hybridized carbons (Fsp3) is 0.407. The summed E-state index contributed by atoms with van der Waals surface area (Å²) in [5.74, 6) is 1.16. The van der Waals surface area contributed by atoms with Crippen LogP contribution in [0.15, 0.2) is 35.8 Å². The molecule has 1 aromatic carbocycles. The lowest BCUT2D eigenvalue weighted by Crippen LogP contribution is -2.32. The molecule has 4 heterocycles. The van der Waals surface area contributed by atoms with Crippen molar-refractivity contribution in [1.82, 2.24) is 14.3 Å². The van der Waals surface area contributed by atoms with Crippen molar-refractivity contribution in [2.75, 3.05) is 32.1 Å². The van der Waals surface area contributed by atoms with E-state index in [-0.39, 0.29) is 5.41 Å². The van der Waals surface area contributed by atoms with Crippen molar-refractivity contribution in [3.8, 4) is 17.2 Å². The third-order valence-electron chi connectivity index (χ3n) is 6.96. The Balaban J connectivity index is 1.87. The smallest absolute Gasteiger partial charge is 0.156 e. The zero-order chi connectivity index (χ0) is 23.5. The summed E-state index contributed by atoms with van der Waals surface area (Å²) in [5.41, 5.74) is 5.73. The van der Waals surface area contributed by atoms with Gasteiger partial charge in [0.25, 0.3) is 0 Å². The fourth-order valence-electron chi connectivity index (χ4n) is 4.95. The van der Waals surface area contributed by atoms with Gasteiger partial charge in [0.2, 0.25) is 0 Å². The molecule has 0 aliphatic carbocycles. The van der Waals surface area contributed by atoms with Crippen molar-refractivity contribution in [3.05, 3.63) is 52.7 Å². The average molecular weight is 458 g/mol. The maximum Gasteiger partial charge on any atom is 0.156 e. The molecule has 5 nitrogen and oxygen atoms in total. The second kappa shape index (κ2) is 7.86. The molecular formula is C27H31N5S. The average Bonchev–Trinajstić information content (AvgIpc) is 3.50. The lowest BCUT2D eigenvalue weighted by Gasteiger charge is -2.26. The molecule has 0 amide bonds. The standard InChI is InChI=1S/C27H31N5S/c1-17-20(13-28)25-29-23(27(2,3)4)15-32(25)26(31-12-11-18(14-31)30(5)6)24(17)21-16-33-22-10-8-7-9-19(21)22/h7-10,15-16,18H,11-12,14H2,1-6H3. The van der Waals surface area contributed by atoms with E-state index in [1.807, 2.05) is 0 Å². The number of aromatic nitrogens is 2. The number of likely N-dealkylation sites (N-methyl/N-ethyl adjacent to an activating group) is 1. The second-order valence-corrected chi connectivity index (χ2v) is 11.3. The number of nitriles is 1. The van der Waals surface area contributed by atoms with Crippen molar-refractivity contribution in [1.29, 1.82) is 5.26 Å². The fourth-order valence-corrected chi connectivity index (χ4v) is 5.91. The van der Waals surface area contributed by atoms with Gasteiger partial charge in [-0.05, 0) is 44.4 Å². The Kier molecular flexibility index (Phi) is 5.23. The third-order valence-corrected chi connectivity index (χ3v) is 7.92. The van der Waals surface area contributed by atoms with Gasteiger partial charge >= 0.3 is 0 Å². The molecule has 4 aromatic rings. The Labute approximate surface area is 199 Å². The summed E-state index contributed by atoms with van der Waals surface area (Å²) in [4.78, 5) is 9.82. The Bertz CT molecular complexity index is 1400. The molecule has 0 radical (unpaired) electrons. The molecule has 3 aromatic heterocycles. The van der Waals surface area contributed by atoms with Crippen LogP contribution in [-0.2, 0) is 5.41 Å². The summed E-state index contributed by atoms with van der Waals surface area (Å²) in [6, 6.07) is 11.6. The van der Waals surface area contributed by atoms with Gasteiger partial charge in [0, 0.05) is 52.0 Å². The summed E-state index contributed by atoms with van der Waals surface area (Å²) in [5, 5.41) is 13.7. The molecule has 0 saturated carbocycles. The van der Waals surface area contributed by atoms with E-state index in [2.05, 4.69) is 97.9 Å². The van der Waals surface area contributed by atoms with Gasteiger partial charge in [-0.1, -0.05) is 39.0 Å². The number of fused-ring (bicyclic) bond motifs is 2. The van der Waals surface area contributed by atoms with Crippen LogP contribution in [0.5, 0.6) is 0 Å². The molecule has 1 aliphatic rings. The first-order valence-electron chi connectivity index (χ1n) is 11.5. The Morgan fingerprint density at radius 1 is 1.21 bits per heavy atom. The molecule has 1 unspecified atom stereocenters. The van der Waals surface area contributed by atoms with Gasteiger partial charge in [-0.15, -0.1) is 11.3 Å². The number of thiophene rings is 1. The predicted octanol–water partition coefficient (Wildman–Crippen LogP) is 5.83. The molecule has 33 heavy (non-hydrogen) atoms. The molecule has 1 fully saturated rings. The summed E-state index contributed by atoms with van der Waals surface area (Å²) in [6.45, 7) is 10.6. The number of benzene rings is 1. The molecule has 0 N–H and O–H groups in total. The van der Waals surface area contributed by atoms with Crippen LogP contribution in [0.4, 0.5) is 5.82 Å². The van der Waals surface area contributed by atoms with Crippen LogP contribution in [-0.4, -0.2) is 47.5 Å². The highest BCUT2D eigenvalue weighted by Gasteiger charge is 2.32. The van der Waals surface area contributed by atoms with Crippen molar-refractivity contribution < 1.29 is 0 Å². The number of nitrogens with zero attached hydrogens (tertiary/aromatic N) is 5. The Morgan fingerprint density at radius 2 is 1.97 bits per heavy atom. The highest BCUT2D eigenvalue weighted by molar-refractivity contribution is 7.17. The molecule has 1 atom stereocenters. The number of pyridine rings is 1. The summed E-state index contributed by atoms with van der Waals surface area (Å²) < 4.78 is 3.47. The van der Waals surface area contributed by atoms with Crippen LogP contribution in [0.3, 0.4) is 0 Å². The highest BCUT2D eigenvalue weighted by Crippen LogP contribution is 2.44. The highest BCUT2D eigenvalue weighted by atomic mass is 32.1. The van der Waals surface area contributed by atoms with Crippen molar-refractivity contribution in [3.63, 3.8) is 0 Å². The van der Waals surface area contributed by atoms with Gasteiger partial charge in [0.05, 0.1) is 11.3 Å². The first kappa shape index (κ1) is 21.9. The van der Waals surface area contributed by atoms with Gasteiger partial charge in [-0.3, -0.25) is 4.40 Å². The molecule has 5 rings (SSSR count). The van der Waals surface area contributed by atoms with E-state index >= 15 is 0 Å². The van der Waals surface area contributed by atoms with E-state index in [1.54, 1.807) is 11.3 Å². The zero-order valence-corrected chi connectivity index (χ0v) is 21.1. The minimum absolute atomic E-state index is 0.101. The van der Waals surface area contributed by atoms with Crippen LogP contribution >= 0.6 is 11.3 Å².